The van der Waals surface area contributed by atoms with E-state index in [1.807, 2.05) is 48.7 Å². The third-order valence-corrected chi connectivity index (χ3v) is 4.68. The minimum Gasteiger partial charge on any atom is -0.361 e. The van der Waals surface area contributed by atoms with E-state index in [0.29, 0.717) is 12.0 Å². The number of carbonyl (C=O) groups excluding carboxylic acids is 2. The molecule has 1 aliphatic carbocycles. The molecular weight excluding hydrogens is 326 g/mol. The zero-order chi connectivity index (χ0) is 17.9. The van der Waals surface area contributed by atoms with Crippen molar-refractivity contribution < 1.29 is 9.59 Å². The molecule has 1 fully saturated rings. The molecule has 4 rings (SSSR count). The molecule has 26 heavy (non-hydrogen) atoms. The number of H-pyrrole nitrogens is 1. The number of hydrogen-bond donors (Lipinski definition) is 3. The quantitative estimate of drug-likeness (QED) is 0.641. The summed E-state index contributed by atoms with van der Waals surface area (Å²) in [6.45, 7) is 0. The Labute approximate surface area is 151 Å². The Bertz CT molecular complexity index is 929. The maximum absolute atomic E-state index is 12.7. The number of para-hydroxylation sites is 1. The standard InChI is InChI=1S/C21H21N3O2/c25-20(14-6-2-1-3-7-14)24-19(21(26)23-16-10-11-16)12-15-13-22-18-9-5-4-8-17(15)18/h1-9,13,16,19,22H,10-12H2,(H,23,26)(H,24,25)/t19-/m0/s1. The smallest absolute Gasteiger partial charge is 0.251 e. The fraction of sp³-hybridized carbons (Fsp3) is 0.238. The number of benzene rings is 2. The van der Waals surface area contributed by atoms with E-state index >= 15 is 0 Å². The van der Waals surface area contributed by atoms with Crippen LogP contribution in [0.5, 0.6) is 0 Å². The van der Waals surface area contributed by atoms with Crippen molar-refractivity contribution in [2.75, 3.05) is 0 Å². The van der Waals surface area contributed by atoms with Crippen LogP contribution in [-0.2, 0) is 11.2 Å². The van der Waals surface area contributed by atoms with Crippen LogP contribution in [0.2, 0.25) is 0 Å². The molecular formula is C21H21N3O2. The van der Waals surface area contributed by atoms with Gasteiger partial charge in [0.1, 0.15) is 6.04 Å². The van der Waals surface area contributed by atoms with Crippen LogP contribution in [0, 0.1) is 0 Å². The molecule has 0 unspecified atom stereocenters. The number of nitrogens with one attached hydrogen (secondary N) is 3. The Morgan fingerprint density at radius 3 is 2.54 bits per heavy atom. The molecule has 1 heterocycles. The van der Waals surface area contributed by atoms with E-state index in [1.54, 1.807) is 12.1 Å². The van der Waals surface area contributed by atoms with Crippen LogP contribution >= 0.6 is 0 Å². The van der Waals surface area contributed by atoms with Crippen molar-refractivity contribution in [3.8, 4) is 0 Å². The highest BCUT2D eigenvalue weighted by atomic mass is 16.2. The van der Waals surface area contributed by atoms with Crippen LogP contribution in [-0.4, -0.2) is 28.9 Å². The summed E-state index contributed by atoms with van der Waals surface area (Å²) in [7, 11) is 0. The number of rotatable bonds is 6. The zero-order valence-corrected chi connectivity index (χ0v) is 14.4. The molecule has 1 aliphatic rings. The summed E-state index contributed by atoms with van der Waals surface area (Å²) < 4.78 is 0. The van der Waals surface area contributed by atoms with Crippen molar-refractivity contribution in [3.63, 3.8) is 0 Å². The molecule has 5 heteroatoms. The predicted octanol–water partition coefficient (Wildman–Crippen LogP) is 2.79. The number of aromatic nitrogens is 1. The molecule has 1 atom stereocenters. The van der Waals surface area contributed by atoms with Gasteiger partial charge in [0.2, 0.25) is 5.91 Å². The molecule has 5 nitrogen and oxygen atoms in total. The van der Waals surface area contributed by atoms with E-state index in [9.17, 15) is 9.59 Å². The minimum absolute atomic E-state index is 0.123. The van der Waals surface area contributed by atoms with Gasteiger partial charge in [-0.3, -0.25) is 9.59 Å². The van der Waals surface area contributed by atoms with Gasteiger partial charge >= 0.3 is 0 Å². The SMILES string of the molecule is O=C(N[C@@H](Cc1c[nH]c2ccccc12)C(=O)NC1CC1)c1ccccc1. The Hall–Kier alpha value is -3.08. The van der Waals surface area contributed by atoms with Crippen LogP contribution in [0.4, 0.5) is 0 Å². The Morgan fingerprint density at radius 1 is 1.04 bits per heavy atom. The molecule has 3 aromatic rings. The van der Waals surface area contributed by atoms with Gasteiger partial charge in [0.05, 0.1) is 0 Å². The Kier molecular flexibility index (Phi) is 4.44. The first-order chi connectivity index (χ1) is 12.7. The second-order valence-corrected chi connectivity index (χ2v) is 6.74. The van der Waals surface area contributed by atoms with Crippen LogP contribution in [0.3, 0.4) is 0 Å². The highest BCUT2D eigenvalue weighted by molar-refractivity contribution is 5.98. The van der Waals surface area contributed by atoms with E-state index in [1.165, 1.54) is 0 Å². The van der Waals surface area contributed by atoms with Crippen LogP contribution in [0.25, 0.3) is 10.9 Å². The summed E-state index contributed by atoms with van der Waals surface area (Å²) in [6.07, 6.45) is 4.38. The predicted molar refractivity (Wildman–Crippen MR) is 101 cm³/mol. The average molecular weight is 347 g/mol. The first kappa shape index (κ1) is 16.4. The van der Waals surface area contributed by atoms with E-state index in [2.05, 4.69) is 15.6 Å². The van der Waals surface area contributed by atoms with E-state index in [4.69, 9.17) is 0 Å². The number of aromatic amines is 1. The van der Waals surface area contributed by atoms with Gasteiger partial charge in [-0.15, -0.1) is 0 Å². The lowest BCUT2D eigenvalue weighted by atomic mass is 10.0. The number of fused-ring (bicyclic) bond motifs is 1. The summed E-state index contributed by atoms with van der Waals surface area (Å²) in [4.78, 5) is 28.5. The minimum atomic E-state index is -0.609. The largest absolute Gasteiger partial charge is 0.361 e. The molecule has 0 spiro atoms. The monoisotopic (exact) mass is 347 g/mol. The summed E-state index contributed by atoms with van der Waals surface area (Å²) in [6, 6.07) is 16.6. The van der Waals surface area contributed by atoms with Gasteiger partial charge < -0.3 is 15.6 Å². The summed E-state index contributed by atoms with van der Waals surface area (Å²) in [5, 5.41) is 6.99. The maximum Gasteiger partial charge on any atom is 0.251 e. The van der Waals surface area contributed by atoms with Gasteiger partial charge in [0, 0.05) is 35.1 Å². The summed E-state index contributed by atoms with van der Waals surface area (Å²) >= 11 is 0. The topological polar surface area (TPSA) is 74.0 Å². The molecule has 0 bridgehead atoms. The van der Waals surface area contributed by atoms with Crippen LogP contribution < -0.4 is 10.6 Å². The molecule has 1 aromatic heterocycles. The van der Waals surface area contributed by atoms with Crippen molar-refractivity contribution in [2.24, 2.45) is 0 Å². The van der Waals surface area contributed by atoms with Gasteiger partial charge in [-0.25, -0.2) is 0 Å². The van der Waals surface area contributed by atoms with Gasteiger partial charge in [0.25, 0.3) is 5.91 Å². The van der Waals surface area contributed by atoms with Crippen molar-refractivity contribution in [3.05, 3.63) is 71.9 Å². The fourth-order valence-corrected chi connectivity index (χ4v) is 3.09. The van der Waals surface area contributed by atoms with E-state index < -0.39 is 6.04 Å². The van der Waals surface area contributed by atoms with Gasteiger partial charge in [0.15, 0.2) is 0 Å². The molecule has 132 valence electrons. The van der Waals surface area contributed by atoms with Gasteiger partial charge in [-0.1, -0.05) is 36.4 Å². The van der Waals surface area contributed by atoms with Crippen LogP contribution in [0.15, 0.2) is 60.8 Å². The normalized spacial score (nSPS) is 14.8. The number of hydrogen-bond acceptors (Lipinski definition) is 2. The second-order valence-electron chi connectivity index (χ2n) is 6.74. The van der Waals surface area contributed by atoms with Crippen molar-refractivity contribution >= 4 is 22.7 Å². The molecule has 0 aliphatic heterocycles. The average Bonchev–Trinajstić information content (AvgIpc) is 3.40. The third kappa shape index (κ3) is 3.61. The highest BCUT2D eigenvalue weighted by Crippen LogP contribution is 2.21. The number of amides is 2. The molecule has 0 radical (unpaired) electrons. The van der Waals surface area contributed by atoms with E-state index in [-0.39, 0.29) is 17.9 Å². The number of carbonyl (C=O) groups is 2. The van der Waals surface area contributed by atoms with Gasteiger partial charge in [-0.2, -0.15) is 0 Å². The van der Waals surface area contributed by atoms with Crippen molar-refractivity contribution in [2.45, 2.75) is 31.3 Å². The molecule has 1 saturated carbocycles. The van der Waals surface area contributed by atoms with Crippen LogP contribution in [0.1, 0.15) is 28.8 Å². The van der Waals surface area contributed by atoms with Gasteiger partial charge in [-0.05, 0) is 36.6 Å². The molecule has 3 N–H and O–H groups in total. The maximum atomic E-state index is 12.7. The summed E-state index contributed by atoms with van der Waals surface area (Å²) in [5.41, 5.74) is 2.60. The van der Waals surface area contributed by atoms with Crippen molar-refractivity contribution in [1.29, 1.82) is 0 Å². The highest BCUT2D eigenvalue weighted by Gasteiger charge is 2.29. The molecule has 2 amide bonds. The zero-order valence-electron chi connectivity index (χ0n) is 14.4. The van der Waals surface area contributed by atoms with Crippen molar-refractivity contribution in [1.82, 2.24) is 15.6 Å². The summed E-state index contributed by atoms with van der Waals surface area (Å²) in [5.74, 6) is -0.358. The molecule has 0 saturated heterocycles. The fourth-order valence-electron chi connectivity index (χ4n) is 3.09. The first-order valence-electron chi connectivity index (χ1n) is 8.92. The molecule has 2 aromatic carbocycles. The lowest BCUT2D eigenvalue weighted by molar-refractivity contribution is -0.123. The van der Waals surface area contributed by atoms with E-state index in [0.717, 1.165) is 29.3 Å². The lowest BCUT2D eigenvalue weighted by Gasteiger charge is -2.18. The third-order valence-electron chi connectivity index (χ3n) is 4.68. The second kappa shape index (κ2) is 7.04. The first-order valence-corrected chi connectivity index (χ1v) is 8.92. The lowest BCUT2D eigenvalue weighted by Crippen LogP contribution is -2.48. The Balaban J connectivity index is 1.56. The Morgan fingerprint density at radius 2 is 1.77 bits per heavy atom.